The van der Waals surface area contributed by atoms with Gasteiger partial charge in [0.25, 0.3) is 5.91 Å². The Hall–Kier alpha value is -1.47. The number of hydrogen-bond acceptors (Lipinski definition) is 2. The van der Waals surface area contributed by atoms with Crippen LogP contribution >= 0.6 is 23.2 Å². The van der Waals surface area contributed by atoms with Crippen molar-refractivity contribution in [3.05, 3.63) is 33.8 Å². The maximum absolute atomic E-state index is 12.4. The first-order valence-corrected chi connectivity index (χ1v) is 8.02. The van der Waals surface area contributed by atoms with Gasteiger partial charge < -0.3 is 10.2 Å². The van der Waals surface area contributed by atoms with E-state index in [4.69, 9.17) is 23.2 Å². The summed E-state index contributed by atoms with van der Waals surface area (Å²) < 4.78 is 36.3. The zero-order valence-corrected chi connectivity index (χ0v) is 14.0. The predicted molar refractivity (Wildman–Crippen MR) is 84.2 cm³/mol. The molecule has 0 spiro atoms. The Kier molecular flexibility index (Phi) is 5.98. The second-order valence-corrected chi connectivity index (χ2v) is 6.37. The third-order valence-corrected chi connectivity index (χ3v) is 4.33. The molecule has 1 N–H and O–H groups in total. The number of carbonyl (C=O) groups excluding carboxylic acids is 2. The molecule has 0 unspecified atom stereocenters. The number of alkyl halides is 3. The van der Waals surface area contributed by atoms with Crippen molar-refractivity contribution in [3.8, 4) is 0 Å². The van der Waals surface area contributed by atoms with Gasteiger partial charge in [0.05, 0.1) is 10.6 Å². The van der Waals surface area contributed by atoms with Crippen molar-refractivity contribution in [3.63, 3.8) is 0 Å². The van der Waals surface area contributed by atoms with E-state index < -0.39 is 24.5 Å². The average molecular weight is 383 g/mol. The van der Waals surface area contributed by atoms with E-state index in [1.54, 1.807) is 6.07 Å². The predicted octanol–water partition coefficient (Wildman–Crippen LogP) is 3.52. The summed E-state index contributed by atoms with van der Waals surface area (Å²) in [6, 6.07) is 4.54. The Morgan fingerprint density at radius 1 is 1.21 bits per heavy atom. The van der Waals surface area contributed by atoms with E-state index in [0.717, 1.165) is 0 Å². The second kappa shape index (κ2) is 7.61. The van der Waals surface area contributed by atoms with Gasteiger partial charge in [-0.2, -0.15) is 13.2 Å². The van der Waals surface area contributed by atoms with Crippen LogP contribution in [0.15, 0.2) is 18.2 Å². The molecule has 2 rings (SSSR count). The van der Waals surface area contributed by atoms with E-state index in [1.165, 1.54) is 17.0 Å². The lowest BCUT2D eigenvalue weighted by Gasteiger charge is -2.31. The lowest BCUT2D eigenvalue weighted by Crippen LogP contribution is -2.44. The molecule has 0 aliphatic carbocycles. The highest BCUT2D eigenvalue weighted by atomic mass is 35.5. The lowest BCUT2D eigenvalue weighted by molar-refractivity contribution is -0.141. The molecule has 0 atom stereocenters. The molecule has 0 radical (unpaired) electrons. The summed E-state index contributed by atoms with van der Waals surface area (Å²) >= 11 is 11.8. The Morgan fingerprint density at radius 2 is 1.83 bits per heavy atom. The fraction of sp³-hybridized carbons (Fsp3) is 0.467. The fourth-order valence-corrected chi connectivity index (χ4v) is 3.00. The number of carbonyl (C=O) groups is 2. The Bertz CT molecular complexity index is 630. The molecule has 132 valence electrons. The number of halogens is 5. The highest BCUT2D eigenvalue weighted by molar-refractivity contribution is 6.36. The van der Waals surface area contributed by atoms with E-state index >= 15 is 0 Å². The minimum Gasteiger partial charge on any atom is -0.347 e. The van der Waals surface area contributed by atoms with Crippen molar-refractivity contribution in [1.82, 2.24) is 10.2 Å². The fourth-order valence-electron chi connectivity index (χ4n) is 2.51. The summed E-state index contributed by atoms with van der Waals surface area (Å²) in [6.07, 6.45) is -3.82. The first-order chi connectivity index (χ1) is 11.2. The molecular weight excluding hydrogens is 368 g/mol. The molecule has 0 saturated carbocycles. The van der Waals surface area contributed by atoms with Crippen molar-refractivity contribution >= 4 is 35.0 Å². The first-order valence-electron chi connectivity index (χ1n) is 7.26. The molecule has 4 nitrogen and oxygen atoms in total. The van der Waals surface area contributed by atoms with Crippen LogP contribution in [0.25, 0.3) is 0 Å². The largest absolute Gasteiger partial charge is 0.405 e. The normalized spacial score (nSPS) is 16.1. The van der Waals surface area contributed by atoms with Crippen molar-refractivity contribution in [2.45, 2.75) is 19.0 Å². The molecular formula is C15H15Cl2F3N2O2. The van der Waals surface area contributed by atoms with Crippen LogP contribution in [0.5, 0.6) is 0 Å². The smallest absolute Gasteiger partial charge is 0.347 e. The number of amides is 2. The maximum atomic E-state index is 12.4. The van der Waals surface area contributed by atoms with Crippen LogP contribution in [0.1, 0.15) is 23.2 Å². The van der Waals surface area contributed by atoms with Gasteiger partial charge in [-0.05, 0) is 31.0 Å². The summed E-state index contributed by atoms with van der Waals surface area (Å²) in [5, 5.41) is 2.53. The Morgan fingerprint density at radius 3 is 2.38 bits per heavy atom. The number of nitrogens with one attached hydrogen (secondary N) is 1. The quantitative estimate of drug-likeness (QED) is 0.869. The summed E-state index contributed by atoms with van der Waals surface area (Å²) in [7, 11) is 0. The van der Waals surface area contributed by atoms with Gasteiger partial charge in [0, 0.05) is 24.0 Å². The Labute approximate surface area is 146 Å². The molecule has 1 heterocycles. The SMILES string of the molecule is O=C(NCC(F)(F)F)C1CCN(C(=O)c2ccc(Cl)cc2Cl)CC1. The molecule has 24 heavy (non-hydrogen) atoms. The van der Waals surface area contributed by atoms with Crippen LogP contribution in [-0.2, 0) is 4.79 Å². The lowest BCUT2D eigenvalue weighted by atomic mass is 9.95. The molecule has 9 heteroatoms. The van der Waals surface area contributed by atoms with Gasteiger partial charge in [-0.15, -0.1) is 0 Å². The van der Waals surface area contributed by atoms with E-state index in [1.807, 2.05) is 5.32 Å². The molecule has 1 saturated heterocycles. The number of benzene rings is 1. The monoisotopic (exact) mass is 382 g/mol. The second-order valence-electron chi connectivity index (χ2n) is 5.52. The van der Waals surface area contributed by atoms with Crippen molar-refractivity contribution in [1.29, 1.82) is 0 Å². The van der Waals surface area contributed by atoms with E-state index in [-0.39, 0.29) is 24.0 Å². The summed E-state index contributed by atoms with van der Waals surface area (Å²) in [6.45, 7) is -0.783. The summed E-state index contributed by atoms with van der Waals surface area (Å²) in [5.41, 5.74) is 0.307. The minimum absolute atomic E-state index is 0.234. The number of nitrogens with zero attached hydrogens (tertiary/aromatic N) is 1. The van der Waals surface area contributed by atoms with Gasteiger partial charge in [0.1, 0.15) is 6.54 Å². The van der Waals surface area contributed by atoms with Gasteiger partial charge in [-0.1, -0.05) is 23.2 Å². The van der Waals surface area contributed by atoms with Gasteiger partial charge >= 0.3 is 6.18 Å². The van der Waals surface area contributed by atoms with Crippen LogP contribution in [-0.4, -0.2) is 42.5 Å². The molecule has 0 aromatic heterocycles. The molecule has 1 aliphatic heterocycles. The van der Waals surface area contributed by atoms with Gasteiger partial charge in [0.15, 0.2) is 0 Å². The minimum atomic E-state index is -4.43. The molecule has 2 amide bonds. The van der Waals surface area contributed by atoms with Crippen molar-refractivity contribution in [2.24, 2.45) is 5.92 Å². The molecule has 1 aromatic rings. The van der Waals surface area contributed by atoms with Gasteiger partial charge in [0.2, 0.25) is 5.91 Å². The van der Waals surface area contributed by atoms with E-state index in [0.29, 0.717) is 23.4 Å². The Balaban J connectivity index is 1.90. The van der Waals surface area contributed by atoms with Crippen molar-refractivity contribution in [2.75, 3.05) is 19.6 Å². The highest BCUT2D eigenvalue weighted by Crippen LogP contribution is 2.25. The average Bonchev–Trinajstić information content (AvgIpc) is 2.51. The number of rotatable bonds is 3. The number of hydrogen-bond donors (Lipinski definition) is 1. The standard InChI is InChI=1S/C15H15Cl2F3N2O2/c16-10-1-2-11(12(17)7-10)14(24)22-5-3-9(4-6-22)13(23)21-8-15(18,19)20/h1-2,7,9H,3-6,8H2,(H,21,23). The highest BCUT2D eigenvalue weighted by Gasteiger charge is 2.32. The van der Waals surface area contributed by atoms with Crippen LogP contribution < -0.4 is 5.32 Å². The summed E-state index contributed by atoms with van der Waals surface area (Å²) in [4.78, 5) is 25.7. The number of likely N-dealkylation sites (tertiary alicyclic amines) is 1. The zero-order chi connectivity index (χ0) is 17.9. The molecule has 1 fully saturated rings. The maximum Gasteiger partial charge on any atom is 0.405 e. The van der Waals surface area contributed by atoms with Crippen LogP contribution in [0.2, 0.25) is 10.0 Å². The molecule has 1 aliphatic rings. The van der Waals surface area contributed by atoms with Crippen LogP contribution in [0, 0.1) is 5.92 Å². The van der Waals surface area contributed by atoms with E-state index in [2.05, 4.69) is 0 Å². The van der Waals surface area contributed by atoms with E-state index in [9.17, 15) is 22.8 Å². The third kappa shape index (κ3) is 5.01. The summed E-state index contributed by atoms with van der Waals surface area (Å²) in [5.74, 6) is -1.45. The molecule has 1 aromatic carbocycles. The van der Waals surface area contributed by atoms with Crippen molar-refractivity contribution < 1.29 is 22.8 Å². The third-order valence-electron chi connectivity index (χ3n) is 3.78. The first kappa shape index (κ1) is 18.9. The van der Waals surface area contributed by atoms with Gasteiger partial charge in [-0.3, -0.25) is 9.59 Å². The topological polar surface area (TPSA) is 49.4 Å². The zero-order valence-electron chi connectivity index (χ0n) is 12.5. The van der Waals surface area contributed by atoms with Crippen LogP contribution in [0.3, 0.4) is 0 Å². The number of piperidine rings is 1. The molecule has 0 bridgehead atoms. The van der Waals surface area contributed by atoms with Gasteiger partial charge in [-0.25, -0.2) is 0 Å². The van der Waals surface area contributed by atoms with Crippen LogP contribution in [0.4, 0.5) is 13.2 Å².